The number of rotatable bonds is 8. The highest BCUT2D eigenvalue weighted by Crippen LogP contribution is 2.36. The number of Topliss-reactive ketones (excluding diaryl/α,β-unsaturated/α-hetero) is 1. The zero-order valence-electron chi connectivity index (χ0n) is 19.4. The van der Waals surface area contributed by atoms with Gasteiger partial charge in [0.05, 0.1) is 24.1 Å². The van der Waals surface area contributed by atoms with Gasteiger partial charge in [0.1, 0.15) is 17.4 Å². The molecule has 4 rings (SSSR count). The summed E-state index contributed by atoms with van der Waals surface area (Å²) in [6.45, 7) is 2.02. The maximum absolute atomic E-state index is 15.4. The van der Waals surface area contributed by atoms with Crippen LogP contribution in [0.5, 0.6) is 0 Å². The van der Waals surface area contributed by atoms with Gasteiger partial charge in [0.25, 0.3) is 0 Å². The number of ketones is 1. The molecule has 35 heavy (non-hydrogen) atoms. The van der Waals surface area contributed by atoms with Crippen LogP contribution in [0.4, 0.5) is 4.39 Å². The van der Waals surface area contributed by atoms with Crippen LogP contribution in [0, 0.1) is 6.92 Å². The van der Waals surface area contributed by atoms with Crippen LogP contribution in [-0.2, 0) is 34.6 Å². The molecule has 186 valence electrons. The molecule has 0 spiro atoms. The molecule has 7 nitrogen and oxygen atoms in total. The Morgan fingerprint density at radius 3 is 2.63 bits per heavy atom. The highest BCUT2D eigenvalue weighted by molar-refractivity contribution is 7.92. The van der Waals surface area contributed by atoms with Crippen LogP contribution in [0.25, 0.3) is 5.57 Å². The lowest BCUT2D eigenvalue weighted by Crippen LogP contribution is -2.19. The van der Waals surface area contributed by atoms with Crippen LogP contribution in [0.3, 0.4) is 0 Å². The van der Waals surface area contributed by atoms with Gasteiger partial charge in [0.15, 0.2) is 5.03 Å². The van der Waals surface area contributed by atoms with Gasteiger partial charge in [-0.25, -0.2) is 12.8 Å². The minimum Gasteiger partial charge on any atom is -0.299 e. The lowest BCUT2D eigenvalue weighted by molar-refractivity contribution is -0.116. The van der Waals surface area contributed by atoms with E-state index in [-0.39, 0.29) is 17.9 Å². The Labute approximate surface area is 213 Å². The molecule has 1 aliphatic rings. The maximum atomic E-state index is 15.4. The molecule has 0 amide bonds. The first-order chi connectivity index (χ1) is 16.5. The van der Waals surface area contributed by atoms with E-state index in [1.165, 1.54) is 17.8 Å². The van der Waals surface area contributed by atoms with Crippen molar-refractivity contribution in [1.29, 1.82) is 0 Å². The monoisotopic (exact) mass is 538 g/mol. The summed E-state index contributed by atoms with van der Waals surface area (Å²) in [4.78, 5) is 12.5. The number of aryl methyl sites for hydroxylation is 3. The van der Waals surface area contributed by atoms with Crippen LogP contribution >= 0.6 is 23.2 Å². The van der Waals surface area contributed by atoms with Crippen molar-refractivity contribution in [2.45, 2.75) is 50.6 Å². The molecule has 0 saturated carbocycles. The van der Waals surface area contributed by atoms with Crippen molar-refractivity contribution in [2.75, 3.05) is 5.75 Å². The molecule has 1 aromatic carbocycles. The van der Waals surface area contributed by atoms with Crippen molar-refractivity contribution < 1.29 is 17.6 Å². The van der Waals surface area contributed by atoms with Gasteiger partial charge in [0, 0.05) is 35.5 Å². The van der Waals surface area contributed by atoms with Crippen LogP contribution in [0.1, 0.15) is 48.2 Å². The summed E-state index contributed by atoms with van der Waals surface area (Å²) in [6, 6.07) is 6.62. The first-order valence-corrected chi connectivity index (χ1v) is 13.6. The van der Waals surface area contributed by atoms with E-state index in [9.17, 15) is 13.2 Å². The Morgan fingerprint density at radius 2 is 1.94 bits per heavy atom. The zero-order valence-corrected chi connectivity index (χ0v) is 21.7. The average molecular weight is 539 g/mol. The van der Waals surface area contributed by atoms with E-state index in [2.05, 4.69) is 10.2 Å². The molecular formula is C24H25Cl2FN4O3S. The maximum Gasteiger partial charge on any atom is 0.202 e. The molecule has 2 aromatic heterocycles. The number of carbonyl (C=O) groups excluding carboxylic acids is 1. The van der Waals surface area contributed by atoms with Gasteiger partial charge < -0.3 is 0 Å². The molecule has 0 aliphatic heterocycles. The molecule has 1 aliphatic carbocycles. The van der Waals surface area contributed by atoms with Crippen molar-refractivity contribution in [2.24, 2.45) is 7.05 Å². The number of benzene rings is 1. The molecular weight excluding hydrogens is 514 g/mol. The Hall–Kier alpha value is -2.49. The second kappa shape index (κ2) is 10.2. The summed E-state index contributed by atoms with van der Waals surface area (Å²) < 4.78 is 43.5. The van der Waals surface area contributed by atoms with Gasteiger partial charge in [-0.1, -0.05) is 29.3 Å². The summed E-state index contributed by atoms with van der Waals surface area (Å²) in [5, 5.41) is 9.47. The summed E-state index contributed by atoms with van der Waals surface area (Å²) in [5.41, 5.74) is 3.49. The second-order valence-electron chi connectivity index (χ2n) is 8.69. The first-order valence-electron chi connectivity index (χ1n) is 11.2. The van der Waals surface area contributed by atoms with Crippen molar-refractivity contribution in [3.63, 3.8) is 0 Å². The van der Waals surface area contributed by atoms with E-state index >= 15 is 4.39 Å². The van der Waals surface area contributed by atoms with Gasteiger partial charge in [-0.15, -0.1) is 0 Å². The van der Waals surface area contributed by atoms with Crippen molar-refractivity contribution in [3.8, 4) is 0 Å². The van der Waals surface area contributed by atoms with E-state index in [0.29, 0.717) is 40.0 Å². The predicted molar refractivity (Wildman–Crippen MR) is 133 cm³/mol. The average Bonchev–Trinajstić information content (AvgIpc) is 3.36. The quantitative estimate of drug-likeness (QED) is 0.397. The number of aromatic nitrogens is 4. The lowest BCUT2D eigenvalue weighted by atomic mass is 9.91. The van der Waals surface area contributed by atoms with E-state index in [1.54, 1.807) is 29.9 Å². The Morgan fingerprint density at radius 1 is 1.17 bits per heavy atom. The summed E-state index contributed by atoms with van der Waals surface area (Å²) in [6.07, 6.45) is 3.42. The van der Waals surface area contributed by atoms with Crippen LogP contribution in [0.15, 0.2) is 41.3 Å². The van der Waals surface area contributed by atoms with E-state index < -0.39 is 27.2 Å². The zero-order chi connectivity index (χ0) is 25.3. The fraction of sp³-hybridized carbons (Fsp3) is 0.375. The van der Waals surface area contributed by atoms with Crippen molar-refractivity contribution in [1.82, 2.24) is 19.6 Å². The van der Waals surface area contributed by atoms with Gasteiger partial charge in [0.2, 0.25) is 9.84 Å². The number of fused-ring (bicyclic) bond motifs is 1. The third-order valence-electron chi connectivity index (χ3n) is 5.99. The van der Waals surface area contributed by atoms with Gasteiger partial charge in [-0.05, 0) is 55.5 Å². The van der Waals surface area contributed by atoms with Crippen LogP contribution in [0.2, 0.25) is 10.0 Å². The second-order valence-corrected chi connectivity index (χ2v) is 11.5. The number of halogens is 3. The molecule has 11 heteroatoms. The molecule has 0 unspecified atom stereocenters. The van der Waals surface area contributed by atoms with E-state index in [0.717, 1.165) is 24.0 Å². The largest absolute Gasteiger partial charge is 0.299 e. The third-order valence-corrected chi connectivity index (χ3v) is 8.30. The number of nitrogens with zero attached hydrogens (tertiary/aromatic N) is 4. The predicted octanol–water partition coefficient (Wildman–Crippen LogP) is 5.12. The number of sulfone groups is 1. The highest BCUT2D eigenvalue weighted by Gasteiger charge is 2.26. The molecule has 0 atom stereocenters. The minimum atomic E-state index is -3.85. The number of hydrogen-bond acceptors (Lipinski definition) is 5. The molecule has 3 aromatic rings. The highest BCUT2D eigenvalue weighted by atomic mass is 35.5. The third kappa shape index (κ3) is 5.68. The van der Waals surface area contributed by atoms with E-state index in [1.807, 2.05) is 6.07 Å². The topological polar surface area (TPSA) is 86.9 Å². The molecule has 0 bridgehead atoms. The Kier molecular flexibility index (Phi) is 7.49. The molecule has 2 heterocycles. The van der Waals surface area contributed by atoms with Crippen molar-refractivity contribution in [3.05, 3.63) is 68.8 Å². The summed E-state index contributed by atoms with van der Waals surface area (Å²) in [5.74, 6) is -1.65. The normalized spacial score (nSPS) is 15.2. The van der Waals surface area contributed by atoms with Crippen molar-refractivity contribution >= 4 is 44.4 Å². The Bertz CT molecular complexity index is 1430. The minimum absolute atomic E-state index is 0.0242. The standard InChI is InChI=1S/C24H25Cl2FN4O3S/c1-15-10-23(30(2)29-15)35(33,34)14-19(32)8-9-22(27)20-5-3-4-16-12-28-31(24(16)20)13-17-6-7-18(25)11-21(17)26/h6-7,10-12H,3-5,8-9,13-14H2,1-2H3/b22-20-. The summed E-state index contributed by atoms with van der Waals surface area (Å²) >= 11 is 12.3. The van der Waals surface area contributed by atoms with E-state index in [4.69, 9.17) is 23.2 Å². The fourth-order valence-electron chi connectivity index (χ4n) is 4.36. The molecule has 0 radical (unpaired) electrons. The molecule has 0 saturated heterocycles. The Balaban J connectivity index is 1.50. The van der Waals surface area contributed by atoms with Gasteiger partial charge in [-0.3, -0.25) is 14.2 Å². The summed E-state index contributed by atoms with van der Waals surface area (Å²) in [7, 11) is -2.34. The molecule has 0 N–H and O–H groups in total. The SMILES string of the molecule is Cc1cc(S(=O)(=O)CC(=O)CC/C(F)=C2\CCCc3cnn(Cc4ccc(Cl)cc4Cl)c32)n(C)n1. The smallest absolute Gasteiger partial charge is 0.202 e. The number of carbonyl (C=O) groups is 1. The number of allylic oxidation sites excluding steroid dienone is 2. The first kappa shape index (κ1) is 25.6. The lowest BCUT2D eigenvalue weighted by Gasteiger charge is -2.19. The number of hydrogen-bond donors (Lipinski definition) is 0. The fourth-order valence-corrected chi connectivity index (χ4v) is 6.34. The van der Waals surface area contributed by atoms with Gasteiger partial charge in [-0.2, -0.15) is 10.2 Å². The van der Waals surface area contributed by atoms with Crippen LogP contribution in [-0.4, -0.2) is 39.5 Å². The molecule has 0 fully saturated rings. The van der Waals surface area contributed by atoms with Gasteiger partial charge >= 0.3 is 0 Å². The van der Waals surface area contributed by atoms with Crippen LogP contribution < -0.4 is 0 Å².